The van der Waals surface area contributed by atoms with Crippen LogP contribution in [0.3, 0.4) is 0 Å². The second-order valence-electron chi connectivity index (χ2n) is 4.35. The Morgan fingerprint density at radius 2 is 1.88 bits per heavy atom. The number of benzene rings is 1. The van der Waals surface area contributed by atoms with Crippen molar-refractivity contribution in [3.05, 3.63) is 27.7 Å². The smallest absolute Gasteiger partial charge is 0.122 e. The largest absolute Gasteiger partial charge is 0.496 e. The predicted octanol–water partition coefficient (Wildman–Crippen LogP) is 3.68. The summed E-state index contributed by atoms with van der Waals surface area (Å²) >= 11 is 3.57. The van der Waals surface area contributed by atoms with Crippen LogP contribution in [0.2, 0.25) is 0 Å². The molecule has 1 aromatic rings. The summed E-state index contributed by atoms with van der Waals surface area (Å²) in [5, 5.41) is 9.21. The molecule has 1 atom stereocenters. The molecule has 0 bridgehead atoms. The van der Waals surface area contributed by atoms with Gasteiger partial charge in [-0.15, -0.1) is 0 Å². The molecule has 1 rings (SSSR count). The topological polar surface area (TPSA) is 29.5 Å². The van der Waals surface area contributed by atoms with E-state index in [0.29, 0.717) is 5.92 Å². The Kier molecular flexibility index (Phi) is 4.81. The van der Waals surface area contributed by atoms with Gasteiger partial charge < -0.3 is 9.84 Å². The van der Waals surface area contributed by atoms with Gasteiger partial charge in [-0.1, -0.05) is 36.7 Å². The molecule has 2 nitrogen and oxygen atoms in total. The Balaban J connectivity index is 3.26. The van der Waals surface area contributed by atoms with E-state index in [1.165, 1.54) is 5.56 Å². The van der Waals surface area contributed by atoms with Crippen molar-refractivity contribution in [1.29, 1.82) is 0 Å². The van der Waals surface area contributed by atoms with Crippen LogP contribution >= 0.6 is 15.9 Å². The summed E-state index contributed by atoms with van der Waals surface area (Å²) in [4.78, 5) is 0. The first-order valence-corrected chi connectivity index (χ1v) is 6.28. The van der Waals surface area contributed by atoms with Crippen molar-refractivity contribution >= 4 is 15.9 Å². The fourth-order valence-electron chi connectivity index (χ4n) is 1.69. The third-order valence-corrected chi connectivity index (χ3v) is 3.46. The van der Waals surface area contributed by atoms with E-state index in [-0.39, 0.29) is 12.5 Å². The normalized spacial score (nSPS) is 12.9. The molecule has 0 aliphatic rings. The average molecular weight is 287 g/mol. The highest BCUT2D eigenvalue weighted by Gasteiger charge is 2.15. The van der Waals surface area contributed by atoms with Crippen molar-refractivity contribution in [3.8, 4) is 5.75 Å². The first-order valence-electron chi connectivity index (χ1n) is 5.49. The van der Waals surface area contributed by atoms with Gasteiger partial charge in [0.1, 0.15) is 5.75 Å². The first-order chi connectivity index (χ1) is 7.51. The molecule has 1 unspecified atom stereocenters. The highest BCUT2D eigenvalue weighted by Crippen LogP contribution is 2.35. The molecule has 1 N–H and O–H groups in total. The number of rotatable bonds is 4. The summed E-state index contributed by atoms with van der Waals surface area (Å²) in [6, 6.07) is 4.10. The predicted molar refractivity (Wildman–Crippen MR) is 70.3 cm³/mol. The van der Waals surface area contributed by atoms with Crippen LogP contribution in [0.5, 0.6) is 5.75 Å². The van der Waals surface area contributed by atoms with E-state index in [4.69, 9.17) is 4.74 Å². The molecular formula is C13H19BrO2. The van der Waals surface area contributed by atoms with Crippen LogP contribution < -0.4 is 4.74 Å². The lowest BCUT2D eigenvalue weighted by Gasteiger charge is -2.18. The van der Waals surface area contributed by atoms with Crippen molar-refractivity contribution in [1.82, 2.24) is 0 Å². The number of halogens is 1. The Bertz CT molecular complexity index is 361. The van der Waals surface area contributed by atoms with Crippen LogP contribution in [0, 0.1) is 0 Å². The summed E-state index contributed by atoms with van der Waals surface area (Å²) in [5.74, 6) is 1.39. The van der Waals surface area contributed by atoms with Gasteiger partial charge in [-0.05, 0) is 23.6 Å². The molecule has 0 aliphatic heterocycles. The van der Waals surface area contributed by atoms with E-state index in [0.717, 1.165) is 15.8 Å². The van der Waals surface area contributed by atoms with Gasteiger partial charge in [-0.3, -0.25) is 0 Å². The molecule has 0 heterocycles. The van der Waals surface area contributed by atoms with Crippen LogP contribution in [0.15, 0.2) is 16.6 Å². The third kappa shape index (κ3) is 2.77. The van der Waals surface area contributed by atoms with Crippen molar-refractivity contribution in [2.45, 2.75) is 32.6 Å². The van der Waals surface area contributed by atoms with E-state index >= 15 is 0 Å². The van der Waals surface area contributed by atoms with Crippen LogP contribution in [0.25, 0.3) is 0 Å². The van der Waals surface area contributed by atoms with Crippen LogP contribution in [0.1, 0.15) is 43.7 Å². The minimum absolute atomic E-state index is 0.0902. The third-order valence-electron chi connectivity index (χ3n) is 2.78. The fourth-order valence-corrected chi connectivity index (χ4v) is 2.51. The molecular weight excluding hydrogens is 268 g/mol. The Morgan fingerprint density at radius 3 is 2.31 bits per heavy atom. The summed E-state index contributed by atoms with van der Waals surface area (Å²) in [7, 11) is 1.67. The maximum absolute atomic E-state index is 9.21. The van der Waals surface area contributed by atoms with Gasteiger partial charge in [0.25, 0.3) is 0 Å². The maximum atomic E-state index is 9.21. The lowest BCUT2D eigenvalue weighted by atomic mass is 9.95. The molecule has 0 saturated heterocycles. The van der Waals surface area contributed by atoms with Crippen molar-refractivity contribution < 1.29 is 9.84 Å². The second kappa shape index (κ2) is 5.69. The highest BCUT2D eigenvalue weighted by atomic mass is 79.9. The van der Waals surface area contributed by atoms with Crippen LogP contribution in [-0.2, 0) is 0 Å². The van der Waals surface area contributed by atoms with E-state index in [1.54, 1.807) is 7.11 Å². The fraction of sp³-hybridized carbons (Fsp3) is 0.538. The van der Waals surface area contributed by atoms with Gasteiger partial charge in [0.05, 0.1) is 7.11 Å². The molecule has 0 aromatic heterocycles. The number of methoxy groups -OCH3 is 1. The molecule has 0 aliphatic carbocycles. The number of hydrogen-bond acceptors (Lipinski definition) is 2. The Labute approximate surface area is 106 Å². The quantitative estimate of drug-likeness (QED) is 0.915. The zero-order valence-corrected chi connectivity index (χ0v) is 11.8. The van der Waals surface area contributed by atoms with Crippen LogP contribution in [0.4, 0.5) is 0 Å². The van der Waals surface area contributed by atoms with E-state index in [9.17, 15) is 5.11 Å². The molecule has 0 saturated carbocycles. The van der Waals surface area contributed by atoms with E-state index in [2.05, 4.69) is 41.9 Å². The lowest BCUT2D eigenvalue weighted by molar-refractivity contribution is 0.269. The number of ether oxygens (including phenoxy) is 1. The second-order valence-corrected chi connectivity index (χ2v) is 5.21. The highest BCUT2D eigenvalue weighted by molar-refractivity contribution is 9.10. The minimum Gasteiger partial charge on any atom is -0.496 e. The van der Waals surface area contributed by atoms with Gasteiger partial charge in [-0.2, -0.15) is 0 Å². The summed E-state index contributed by atoms with van der Waals surface area (Å²) in [5.41, 5.74) is 2.27. The molecule has 0 fully saturated rings. The number of aliphatic hydroxyl groups excluding tert-OH is 1. The molecule has 0 amide bonds. The van der Waals surface area contributed by atoms with E-state index < -0.39 is 0 Å². The molecule has 0 spiro atoms. The van der Waals surface area contributed by atoms with E-state index in [1.807, 2.05) is 6.92 Å². The first kappa shape index (κ1) is 13.5. The molecule has 3 heteroatoms. The van der Waals surface area contributed by atoms with Crippen molar-refractivity contribution in [2.24, 2.45) is 0 Å². The number of aliphatic hydroxyl groups is 1. The standard InChI is InChI=1S/C13H19BrO2/c1-8(2)10-6-13(16-4)11(5-12(10)14)9(3)7-15/h5-6,8-9,15H,7H2,1-4H3. The van der Waals surface area contributed by atoms with Gasteiger partial charge in [-0.25, -0.2) is 0 Å². The van der Waals surface area contributed by atoms with Gasteiger partial charge >= 0.3 is 0 Å². The SMILES string of the molecule is COc1cc(C(C)C)c(Br)cc1C(C)CO. The van der Waals surface area contributed by atoms with Gasteiger partial charge in [0.15, 0.2) is 0 Å². The lowest BCUT2D eigenvalue weighted by Crippen LogP contribution is -2.03. The monoisotopic (exact) mass is 286 g/mol. The molecule has 90 valence electrons. The molecule has 1 aromatic carbocycles. The Morgan fingerprint density at radius 1 is 1.25 bits per heavy atom. The Hall–Kier alpha value is -0.540. The van der Waals surface area contributed by atoms with Gasteiger partial charge in [0.2, 0.25) is 0 Å². The van der Waals surface area contributed by atoms with Gasteiger partial charge in [0, 0.05) is 22.6 Å². The zero-order chi connectivity index (χ0) is 12.3. The summed E-state index contributed by atoms with van der Waals surface area (Å²) < 4.78 is 6.46. The molecule has 0 radical (unpaired) electrons. The zero-order valence-electron chi connectivity index (χ0n) is 10.2. The minimum atomic E-state index is 0.0902. The van der Waals surface area contributed by atoms with Crippen molar-refractivity contribution in [3.63, 3.8) is 0 Å². The van der Waals surface area contributed by atoms with Crippen LogP contribution in [-0.4, -0.2) is 18.8 Å². The summed E-state index contributed by atoms with van der Waals surface area (Å²) in [6.07, 6.45) is 0. The average Bonchev–Trinajstić information content (AvgIpc) is 2.27. The van der Waals surface area contributed by atoms with Crippen molar-refractivity contribution in [2.75, 3.05) is 13.7 Å². The molecule has 16 heavy (non-hydrogen) atoms. The number of hydrogen-bond donors (Lipinski definition) is 1. The summed E-state index contributed by atoms with van der Waals surface area (Å²) in [6.45, 7) is 6.41. The maximum Gasteiger partial charge on any atom is 0.122 e.